The van der Waals surface area contributed by atoms with Gasteiger partial charge in [0.25, 0.3) is 0 Å². The summed E-state index contributed by atoms with van der Waals surface area (Å²) in [5.41, 5.74) is 1.43. The standard InChI is InChI=1S/C16H24SSe/c1-3-4-5-6-10-13-16(18-2)17-14-15-11-8-7-9-12-15/h7-9,11-13H,3-6,10,14H2,1-2H3/b16-13-. The van der Waals surface area contributed by atoms with Crippen LogP contribution in [0.25, 0.3) is 0 Å². The van der Waals surface area contributed by atoms with Crippen LogP contribution in [0.4, 0.5) is 0 Å². The molecule has 0 nitrogen and oxygen atoms in total. The SMILES string of the molecule is CCCCCC/C=C(/SCc1ccccc1)[Se]C. The molecule has 100 valence electrons. The number of unbranched alkanes of at least 4 members (excludes halogenated alkanes) is 4. The first-order valence-corrected chi connectivity index (χ1v) is 10.3. The van der Waals surface area contributed by atoms with E-state index in [0.29, 0.717) is 15.0 Å². The van der Waals surface area contributed by atoms with Gasteiger partial charge in [-0.2, -0.15) is 0 Å². The fourth-order valence-corrected chi connectivity index (χ4v) is 4.29. The van der Waals surface area contributed by atoms with E-state index >= 15 is 0 Å². The number of benzene rings is 1. The second-order valence-electron chi connectivity index (χ2n) is 4.35. The molecule has 0 unspecified atom stereocenters. The van der Waals surface area contributed by atoms with Crippen molar-refractivity contribution in [2.24, 2.45) is 0 Å². The van der Waals surface area contributed by atoms with E-state index in [0.717, 1.165) is 5.75 Å². The van der Waals surface area contributed by atoms with E-state index in [9.17, 15) is 0 Å². The van der Waals surface area contributed by atoms with Gasteiger partial charge in [0.05, 0.1) is 0 Å². The molecule has 0 amide bonds. The predicted molar refractivity (Wildman–Crippen MR) is 86.2 cm³/mol. The summed E-state index contributed by atoms with van der Waals surface area (Å²) in [6, 6.07) is 10.8. The summed E-state index contributed by atoms with van der Waals surface area (Å²) in [6.45, 7) is 2.27. The molecule has 0 atom stereocenters. The number of allylic oxidation sites excluding steroid dienone is 1. The summed E-state index contributed by atoms with van der Waals surface area (Å²) >= 11 is 2.67. The van der Waals surface area contributed by atoms with Gasteiger partial charge in [0, 0.05) is 0 Å². The van der Waals surface area contributed by atoms with E-state index in [2.05, 4.69) is 49.2 Å². The van der Waals surface area contributed by atoms with Crippen LogP contribution in [-0.2, 0) is 5.75 Å². The minimum atomic E-state index is 0.643. The molecule has 0 saturated carbocycles. The Labute approximate surface area is 123 Å². The summed E-state index contributed by atoms with van der Waals surface area (Å²) in [5, 5.41) is 0. The van der Waals surface area contributed by atoms with Gasteiger partial charge in [-0.1, -0.05) is 0 Å². The van der Waals surface area contributed by atoms with Crippen molar-refractivity contribution in [3.05, 3.63) is 45.8 Å². The Bertz CT molecular complexity index is 332. The third kappa shape index (κ3) is 7.31. The maximum absolute atomic E-state index is 2.48. The van der Waals surface area contributed by atoms with E-state index in [-0.39, 0.29) is 0 Å². The fraction of sp³-hybridized carbons (Fsp3) is 0.500. The predicted octanol–water partition coefficient (Wildman–Crippen LogP) is 5.48. The Kier molecular flexibility index (Phi) is 9.46. The van der Waals surface area contributed by atoms with Crippen LogP contribution < -0.4 is 0 Å². The van der Waals surface area contributed by atoms with Gasteiger partial charge in [0.2, 0.25) is 0 Å². The molecule has 0 heterocycles. The van der Waals surface area contributed by atoms with Crippen LogP contribution in [0.1, 0.15) is 44.6 Å². The van der Waals surface area contributed by atoms with Crippen molar-refractivity contribution in [1.29, 1.82) is 0 Å². The zero-order valence-corrected chi connectivity index (χ0v) is 14.1. The maximum atomic E-state index is 2.48. The van der Waals surface area contributed by atoms with Crippen molar-refractivity contribution >= 4 is 26.7 Å². The molecular formula is C16H24SSe. The van der Waals surface area contributed by atoms with Crippen molar-refractivity contribution in [3.8, 4) is 0 Å². The number of hydrogen-bond acceptors (Lipinski definition) is 1. The molecule has 0 radical (unpaired) electrons. The molecule has 0 aliphatic rings. The van der Waals surface area contributed by atoms with Crippen molar-refractivity contribution in [2.75, 3.05) is 0 Å². The van der Waals surface area contributed by atoms with Crippen LogP contribution >= 0.6 is 11.8 Å². The van der Waals surface area contributed by atoms with Crippen molar-refractivity contribution in [1.82, 2.24) is 0 Å². The van der Waals surface area contributed by atoms with Crippen molar-refractivity contribution in [2.45, 2.75) is 50.6 Å². The van der Waals surface area contributed by atoms with Gasteiger partial charge >= 0.3 is 123 Å². The van der Waals surface area contributed by atoms with Crippen LogP contribution in [0, 0.1) is 0 Å². The van der Waals surface area contributed by atoms with E-state index < -0.39 is 0 Å². The molecule has 18 heavy (non-hydrogen) atoms. The minimum absolute atomic E-state index is 0.643. The quantitative estimate of drug-likeness (QED) is 0.427. The van der Waals surface area contributed by atoms with Gasteiger partial charge in [-0.05, 0) is 0 Å². The second kappa shape index (κ2) is 10.7. The molecule has 0 bridgehead atoms. The third-order valence-electron chi connectivity index (χ3n) is 2.79. The molecule has 0 aliphatic carbocycles. The van der Waals surface area contributed by atoms with Crippen LogP contribution in [-0.4, -0.2) is 15.0 Å². The van der Waals surface area contributed by atoms with Crippen LogP contribution in [0.2, 0.25) is 5.82 Å². The van der Waals surface area contributed by atoms with Gasteiger partial charge in [-0.25, -0.2) is 0 Å². The summed E-state index contributed by atoms with van der Waals surface area (Å²) in [4.78, 5) is 0. The summed E-state index contributed by atoms with van der Waals surface area (Å²) < 4.78 is 1.61. The molecular weight excluding hydrogens is 303 g/mol. The Morgan fingerprint density at radius 1 is 1.17 bits per heavy atom. The average Bonchev–Trinajstić information content (AvgIpc) is 2.43. The molecule has 1 rings (SSSR count). The van der Waals surface area contributed by atoms with Crippen LogP contribution in [0.15, 0.2) is 40.2 Å². The normalized spacial score (nSPS) is 11.8. The summed E-state index contributed by atoms with van der Waals surface area (Å²) in [6.07, 6.45) is 9.21. The van der Waals surface area contributed by atoms with Gasteiger partial charge in [-0.3, -0.25) is 0 Å². The van der Waals surface area contributed by atoms with Gasteiger partial charge in [0.1, 0.15) is 0 Å². The molecule has 0 N–H and O–H groups in total. The Morgan fingerprint density at radius 3 is 2.61 bits per heavy atom. The number of rotatable bonds is 9. The van der Waals surface area contributed by atoms with Crippen molar-refractivity contribution < 1.29 is 0 Å². The molecule has 0 spiro atoms. The second-order valence-corrected chi connectivity index (χ2v) is 7.73. The first kappa shape index (κ1) is 15.9. The zero-order chi connectivity index (χ0) is 13.1. The average molecular weight is 327 g/mol. The molecule has 2 heteroatoms. The summed E-state index contributed by atoms with van der Waals surface area (Å²) in [7, 11) is 0. The molecule has 0 saturated heterocycles. The van der Waals surface area contributed by atoms with E-state index in [1.54, 1.807) is 3.80 Å². The topological polar surface area (TPSA) is 0 Å². The summed E-state index contributed by atoms with van der Waals surface area (Å²) in [5.74, 6) is 3.44. The Morgan fingerprint density at radius 2 is 1.94 bits per heavy atom. The van der Waals surface area contributed by atoms with Gasteiger partial charge in [-0.15, -0.1) is 0 Å². The number of hydrogen-bond donors (Lipinski definition) is 0. The molecule has 0 aliphatic heterocycles. The number of thioether (sulfide) groups is 1. The van der Waals surface area contributed by atoms with Crippen LogP contribution in [0.5, 0.6) is 0 Å². The fourth-order valence-electron chi connectivity index (χ4n) is 1.72. The Balaban J connectivity index is 2.26. The van der Waals surface area contributed by atoms with Crippen molar-refractivity contribution in [3.63, 3.8) is 0 Å². The monoisotopic (exact) mass is 328 g/mol. The molecule has 0 aromatic heterocycles. The molecule has 1 aromatic carbocycles. The zero-order valence-electron chi connectivity index (χ0n) is 11.5. The van der Waals surface area contributed by atoms with Gasteiger partial charge < -0.3 is 0 Å². The van der Waals surface area contributed by atoms with E-state index in [1.807, 2.05) is 11.8 Å². The first-order valence-electron chi connectivity index (χ1n) is 6.77. The van der Waals surface area contributed by atoms with E-state index in [1.165, 1.54) is 37.7 Å². The third-order valence-corrected chi connectivity index (χ3v) is 6.52. The van der Waals surface area contributed by atoms with E-state index in [4.69, 9.17) is 0 Å². The molecule has 1 aromatic rings. The Hall–Kier alpha value is -0.171. The van der Waals surface area contributed by atoms with Crippen LogP contribution in [0.3, 0.4) is 0 Å². The van der Waals surface area contributed by atoms with Gasteiger partial charge in [0.15, 0.2) is 0 Å². The first-order chi connectivity index (χ1) is 8.86. The molecule has 0 fully saturated rings.